The van der Waals surface area contributed by atoms with Gasteiger partial charge in [0.05, 0.1) is 0 Å². The predicted molar refractivity (Wildman–Crippen MR) is 238 cm³/mol. The molecule has 1 nitrogen and oxygen atoms in total. The van der Waals surface area contributed by atoms with E-state index < -0.39 is 0 Å². The molecule has 1 heteroatoms. The highest BCUT2D eigenvalue weighted by atomic mass is 14.6. The number of nitrogens with zero attached hydrogens (tertiary/aromatic N) is 1. The number of hydrogen-bond donors (Lipinski definition) is 0. The number of benzene rings is 3. The van der Waals surface area contributed by atoms with E-state index in [9.17, 15) is 0 Å². The predicted octanol–water partition coefficient (Wildman–Crippen LogP) is 18.5. The highest BCUT2D eigenvalue weighted by Gasteiger charge is 1.85. The van der Waals surface area contributed by atoms with Crippen LogP contribution >= 0.6 is 0 Å². The summed E-state index contributed by atoms with van der Waals surface area (Å²) in [5.74, 6) is 0. The lowest BCUT2D eigenvalue weighted by Crippen LogP contribution is -1.67. The second-order valence-electron chi connectivity index (χ2n) is 5.03. The molecule has 0 aliphatic rings. The quantitative estimate of drug-likeness (QED) is 0.183. The van der Waals surface area contributed by atoms with Crippen LogP contribution in [0.2, 0.25) is 0 Å². The van der Waals surface area contributed by atoms with Crippen LogP contribution in [0, 0.1) is 6.92 Å². The van der Waals surface area contributed by atoms with Crippen molar-refractivity contribution in [2.75, 3.05) is 0 Å². The Bertz CT molecular complexity index is 689. The van der Waals surface area contributed by atoms with E-state index in [1.807, 2.05) is 189 Å². The summed E-state index contributed by atoms with van der Waals surface area (Å²) >= 11 is 0. The first-order valence-electron chi connectivity index (χ1n) is 18.7. The van der Waals surface area contributed by atoms with E-state index >= 15 is 0 Å². The number of pyridine rings is 1. The zero-order chi connectivity index (χ0) is 38.2. The molecule has 0 saturated heterocycles. The maximum Gasteiger partial charge on any atom is 0.0267 e. The minimum absolute atomic E-state index is 0. The third-order valence-electron chi connectivity index (χ3n) is 3.17. The normalized spacial score (nSPS) is 5.85. The van der Waals surface area contributed by atoms with Crippen LogP contribution in [0.4, 0.5) is 0 Å². The first-order valence-corrected chi connectivity index (χ1v) is 18.7. The lowest BCUT2D eigenvalue weighted by Gasteiger charge is -1.92. The van der Waals surface area contributed by atoms with Gasteiger partial charge in [0.15, 0.2) is 0 Å². The van der Waals surface area contributed by atoms with Gasteiger partial charge in [-0.25, -0.2) is 0 Å². The number of rotatable bonds is 0. The monoisotopic (exact) mass is 662 g/mol. The summed E-state index contributed by atoms with van der Waals surface area (Å²) in [6.07, 6.45) is 3.50. The van der Waals surface area contributed by atoms with E-state index in [1.54, 1.807) is 12.4 Å². The van der Waals surface area contributed by atoms with Crippen LogP contribution in [-0.4, -0.2) is 4.98 Å². The van der Waals surface area contributed by atoms with Gasteiger partial charge < -0.3 is 0 Å². The molecular formula is C46H95N. The lowest BCUT2D eigenvalue weighted by atomic mass is 10.1. The van der Waals surface area contributed by atoms with E-state index in [1.165, 1.54) is 16.3 Å². The molecule has 1 heterocycles. The maximum atomic E-state index is 3.78. The van der Waals surface area contributed by atoms with E-state index in [-0.39, 0.29) is 14.9 Å². The first kappa shape index (κ1) is 79.5. The Kier molecular flexibility index (Phi) is 205. The summed E-state index contributed by atoms with van der Waals surface area (Å²) in [5.41, 5.74) is 1.32. The summed E-state index contributed by atoms with van der Waals surface area (Å²) in [7, 11) is 0. The van der Waals surface area contributed by atoms with Gasteiger partial charge in [0.2, 0.25) is 0 Å². The van der Waals surface area contributed by atoms with Crippen molar-refractivity contribution >= 4 is 10.8 Å². The van der Waals surface area contributed by atoms with Crippen LogP contribution < -0.4 is 0 Å². The SMILES string of the molecule is C.C.CC.CC.CC.CC.CC.CC.CC.CC.CC.CC.CC.Cc1ccccc1.c1ccc2ccccc2c1.c1ccncc1. The van der Waals surface area contributed by atoms with Crippen LogP contribution in [0.5, 0.6) is 0 Å². The maximum absolute atomic E-state index is 3.78. The van der Waals surface area contributed by atoms with Crippen LogP contribution in [0.25, 0.3) is 10.8 Å². The molecule has 0 aliphatic carbocycles. The van der Waals surface area contributed by atoms with Crippen LogP contribution in [0.15, 0.2) is 109 Å². The Morgan fingerprint density at radius 2 is 0.468 bits per heavy atom. The first-order chi connectivity index (χ1) is 22.4. The molecular weight excluding hydrogens is 567 g/mol. The zero-order valence-corrected chi connectivity index (χ0v) is 35.3. The topological polar surface area (TPSA) is 12.9 Å². The molecule has 0 atom stereocenters. The highest BCUT2D eigenvalue weighted by Crippen LogP contribution is 2.11. The molecule has 4 aromatic rings. The van der Waals surface area contributed by atoms with E-state index in [2.05, 4.69) is 72.6 Å². The summed E-state index contributed by atoms with van der Waals surface area (Å²) in [6.45, 7) is 46.1. The Morgan fingerprint density at radius 1 is 0.277 bits per heavy atom. The molecule has 0 saturated carbocycles. The Balaban J connectivity index is -0.0000000302. The van der Waals surface area contributed by atoms with E-state index in [4.69, 9.17) is 0 Å². The second kappa shape index (κ2) is 121. The van der Waals surface area contributed by atoms with Crippen molar-refractivity contribution in [3.63, 3.8) is 0 Å². The van der Waals surface area contributed by atoms with Crippen molar-refractivity contribution in [3.8, 4) is 0 Å². The van der Waals surface area contributed by atoms with Gasteiger partial charge in [-0.2, -0.15) is 0 Å². The van der Waals surface area contributed by atoms with Gasteiger partial charge in [0.1, 0.15) is 0 Å². The van der Waals surface area contributed by atoms with Crippen molar-refractivity contribution in [1.29, 1.82) is 0 Å². The number of aromatic nitrogens is 1. The molecule has 0 fully saturated rings. The van der Waals surface area contributed by atoms with Gasteiger partial charge in [-0.05, 0) is 29.8 Å². The molecule has 0 aliphatic heterocycles. The van der Waals surface area contributed by atoms with Gasteiger partial charge in [-0.15, -0.1) is 0 Å². The number of hydrogen-bond acceptors (Lipinski definition) is 1. The summed E-state index contributed by atoms with van der Waals surface area (Å²) in [5, 5.41) is 2.62. The van der Waals surface area contributed by atoms with Crippen molar-refractivity contribution < 1.29 is 0 Å². The second-order valence-corrected chi connectivity index (χ2v) is 5.03. The van der Waals surface area contributed by atoms with E-state index in [0.717, 1.165) is 0 Å². The summed E-state index contributed by atoms with van der Waals surface area (Å²) < 4.78 is 0. The standard InChI is InChI=1S/C10H8.C7H8.C5H5N.11C2H6.2CH4/c1-2-6-10-8-4-3-7-9(10)5-1;1-7-5-3-2-4-6-7;1-2-4-6-5-3-1;11*1-2;;/h1-8H;2-6H,1H3;1-5H;11*1-2H3;2*1H4. The van der Waals surface area contributed by atoms with Crippen molar-refractivity contribution in [1.82, 2.24) is 4.98 Å². The molecule has 1 aromatic heterocycles. The van der Waals surface area contributed by atoms with Gasteiger partial charge in [-0.1, -0.05) is 258 Å². The third-order valence-corrected chi connectivity index (χ3v) is 3.17. The zero-order valence-electron chi connectivity index (χ0n) is 35.3. The smallest absolute Gasteiger partial charge is 0.0267 e. The summed E-state index contributed by atoms with van der Waals surface area (Å²) in [4.78, 5) is 3.78. The van der Waals surface area contributed by atoms with Crippen LogP contribution in [0.3, 0.4) is 0 Å². The molecule has 47 heavy (non-hydrogen) atoms. The van der Waals surface area contributed by atoms with Crippen molar-refractivity contribution in [2.45, 2.75) is 174 Å². The van der Waals surface area contributed by atoms with Crippen LogP contribution in [-0.2, 0) is 0 Å². The molecule has 284 valence electrons. The van der Waals surface area contributed by atoms with Gasteiger partial charge >= 0.3 is 0 Å². The van der Waals surface area contributed by atoms with Crippen LogP contribution in [0.1, 0.15) is 173 Å². The third kappa shape index (κ3) is 86.0. The molecule has 0 amide bonds. The average molecular weight is 662 g/mol. The van der Waals surface area contributed by atoms with Gasteiger partial charge in [0, 0.05) is 12.4 Å². The Labute approximate surface area is 304 Å². The van der Waals surface area contributed by atoms with Crippen molar-refractivity contribution in [2.24, 2.45) is 0 Å². The molecule has 0 bridgehead atoms. The summed E-state index contributed by atoms with van der Waals surface area (Å²) in [6, 6.07) is 32.7. The number of aryl methyl sites for hydroxylation is 1. The fourth-order valence-electron chi connectivity index (χ4n) is 1.98. The Morgan fingerprint density at radius 3 is 0.596 bits per heavy atom. The van der Waals surface area contributed by atoms with E-state index in [0.29, 0.717) is 0 Å². The molecule has 0 unspecified atom stereocenters. The number of fused-ring (bicyclic) bond motifs is 1. The minimum Gasteiger partial charge on any atom is -0.265 e. The molecule has 0 N–H and O–H groups in total. The van der Waals surface area contributed by atoms with Gasteiger partial charge in [-0.3, -0.25) is 4.98 Å². The fraction of sp³-hybridized carbons (Fsp3) is 0.543. The van der Waals surface area contributed by atoms with Crippen molar-refractivity contribution in [3.05, 3.63) is 115 Å². The molecule has 3 aromatic carbocycles. The average Bonchev–Trinajstić information content (AvgIpc) is 3.22. The lowest BCUT2D eigenvalue weighted by molar-refractivity contribution is 1.33. The Hall–Kier alpha value is -2.93. The fourth-order valence-corrected chi connectivity index (χ4v) is 1.98. The molecule has 4 rings (SSSR count). The minimum atomic E-state index is 0. The molecule has 0 radical (unpaired) electrons. The highest BCUT2D eigenvalue weighted by molar-refractivity contribution is 5.82. The van der Waals surface area contributed by atoms with Gasteiger partial charge in [0.25, 0.3) is 0 Å². The molecule has 0 spiro atoms. The largest absolute Gasteiger partial charge is 0.265 e.